The Bertz CT molecular complexity index is 409. The van der Waals surface area contributed by atoms with Crippen LogP contribution in [0.3, 0.4) is 0 Å². The fourth-order valence-corrected chi connectivity index (χ4v) is 2.33. The van der Waals surface area contributed by atoms with Gasteiger partial charge >= 0.3 is 0 Å². The molecule has 5 nitrogen and oxygen atoms in total. The van der Waals surface area contributed by atoms with E-state index in [4.69, 9.17) is 0 Å². The molecule has 0 aliphatic heterocycles. The molecule has 122 valence electrons. The molecule has 0 spiro atoms. The number of nitrogens with one attached hydrogen (secondary N) is 1. The highest BCUT2D eigenvalue weighted by molar-refractivity contribution is 4.99. The monoisotopic (exact) mass is 295 g/mol. The third-order valence-electron chi connectivity index (χ3n) is 4.27. The predicted molar refractivity (Wildman–Crippen MR) is 88.4 cm³/mol. The molecule has 0 bridgehead atoms. The first-order valence-electron chi connectivity index (χ1n) is 8.06. The van der Waals surface area contributed by atoms with Gasteiger partial charge < -0.3 is 10.2 Å². The summed E-state index contributed by atoms with van der Waals surface area (Å²) in [5.74, 6) is 1.65. The van der Waals surface area contributed by atoms with Crippen LogP contribution in [0.15, 0.2) is 6.33 Å². The van der Waals surface area contributed by atoms with Gasteiger partial charge in [0.15, 0.2) is 0 Å². The summed E-state index contributed by atoms with van der Waals surface area (Å²) in [6.07, 6.45) is 3.72. The highest BCUT2D eigenvalue weighted by Gasteiger charge is 2.32. The van der Waals surface area contributed by atoms with Gasteiger partial charge in [-0.3, -0.25) is 0 Å². The van der Waals surface area contributed by atoms with Gasteiger partial charge in [0.25, 0.3) is 0 Å². The highest BCUT2D eigenvalue weighted by atomic mass is 15.3. The van der Waals surface area contributed by atoms with E-state index in [0.717, 1.165) is 31.8 Å². The van der Waals surface area contributed by atoms with Gasteiger partial charge in [-0.25, -0.2) is 9.67 Å². The van der Waals surface area contributed by atoms with Gasteiger partial charge in [0.2, 0.25) is 0 Å². The van der Waals surface area contributed by atoms with Gasteiger partial charge in [-0.1, -0.05) is 20.8 Å². The number of rotatable bonds is 9. The lowest BCUT2D eigenvalue weighted by Gasteiger charge is -2.40. The summed E-state index contributed by atoms with van der Waals surface area (Å²) in [4.78, 5) is 6.76. The molecule has 0 saturated heterocycles. The van der Waals surface area contributed by atoms with Crippen molar-refractivity contribution in [2.24, 2.45) is 5.92 Å². The average Bonchev–Trinajstić information content (AvgIpc) is 2.80. The van der Waals surface area contributed by atoms with E-state index >= 15 is 0 Å². The van der Waals surface area contributed by atoms with Crippen molar-refractivity contribution in [1.29, 1.82) is 0 Å². The first-order valence-corrected chi connectivity index (χ1v) is 8.06. The summed E-state index contributed by atoms with van der Waals surface area (Å²) in [6.45, 7) is 13.1. The van der Waals surface area contributed by atoms with Crippen molar-refractivity contribution in [3.8, 4) is 0 Å². The zero-order chi connectivity index (χ0) is 16.0. The number of hydrogen-bond donors (Lipinski definition) is 1. The van der Waals surface area contributed by atoms with Gasteiger partial charge in [0.05, 0.1) is 0 Å². The largest absolute Gasteiger partial charge is 0.312 e. The van der Waals surface area contributed by atoms with Crippen molar-refractivity contribution in [2.45, 2.75) is 65.6 Å². The second kappa shape index (κ2) is 7.90. The Morgan fingerprint density at radius 3 is 2.52 bits per heavy atom. The molecule has 21 heavy (non-hydrogen) atoms. The molecule has 0 fully saturated rings. The Kier molecular flexibility index (Phi) is 6.81. The van der Waals surface area contributed by atoms with Gasteiger partial charge in [-0.05, 0) is 46.8 Å². The highest BCUT2D eigenvalue weighted by Crippen LogP contribution is 2.19. The molecule has 1 aromatic heterocycles. The summed E-state index contributed by atoms with van der Waals surface area (Å²) in [5.41, 5.74) is 0.0593. The van der Waals surface area contributed by atoms with Crippen molar-refractivity contribution in [2.75, 3.05) is 20.6 Å². The van der Waals surface area contributed by atoms with Crippen LogP contribution in [-0.4, -0.2) is 51.9 Å². The average molecular weight is 295 g/mol. The summed E-state index contributed by atoms with van der Waals surface area (Å²) in [7, 11) is 4.28. The number of likely N-dealkylation sites (N-methyl/N-ethyl adjacent to an activating group) is 1. The first-order chi connectivity index (χ1) is 9.78. The standard InChI is InChI=1S/C16H33N5/c1-8-9-17-14(16(4,5)20(6)7)10-15-18-12-19-21(15)11-13(2)3/h12-14,17H,8-11H2,1-7H3. The van der Waals surface area contributed by atoms with Crippen molar-refractivity contribution in [3.05, 3.63) is 12.2 Å². The predicted octanol–water partition coefficient (Wildman–Crippen LogP) is 2.18. The van der Waals surface area contributed by atoms with E-state index in [1.165, 1.54) is 0 Å². The molecule has 1 heterocycles. The molecule has 0 radical (unpaired) electrons. The van der Waals surface area contributed by atoms with E-state index in [1.807, 2.05) is 0 Å². The van der Waals surface area contributed by atoms with Crippen molar-refractivity contribution < 1.29 is 0 Å². The van der Waals surface area contributed by atoms with Gasteiger partial charge in [-0.2, -0.15) is 5.10 Å². The van der Waals surface area contributed by atoms with Crippen LogP contribution in [0, 0.1) is 5.92 Å². The zero-order valence-corrected chi connectivity index (χ0v) is 14.8. The maximum Gasteiger partial charge on any atom is 0.138 e. The van der Waals surface area contributed by atoms with Crippen molar-refractivity contribution in [3.63, 3.8) is 0 Å². The SMILES string of the molecule is CCCNC(Cc1ncnn1CC(C)C)C(C)(C)N(C)C. The molecule has 5 heteroatoms. The second-order valence-electron chi connectivity index (χ2n) is 7.01. The quantitative estimate of drug-likeness (QED) is 0.758. The van der Waals surface area contributed by atoms with E-state index in [-0.39, 0.29) is 5.54 Å². The summed E-state index contributed by atoms with van der Waals surface area (Å²) >= 11 is 0. The van der Waals surface area contributed by atoms with Crippen LogP contribution in [0.4, 0.5) is 0 Å². The Morgan fingerprint density at radius 1 is 1.33 bits per heavy atom. The van der Waals surface area contributed by atoms with E-state index in [1.54, 1.807) is 6.33 Å². The van der Waals surface area contributed by atoms with Crippen LogP contribution >= 0.6 is 0 Å². The first kappa shape index (κ1) is 18.1. The van der Waals surface area contributed by atoms with Crippen molar-refractivity contribution in [1.82, 2.24) is 25.0 Å². The lowest BCUT2D eigenvalue weighted by Crippen LogP contribution is -2.56. The van der Waals surface area contributed by atoms with Crippen LogP contribution in [-0.2, 0) is 13.0 Å². The molecule has 0 aliphatic rings. The van der Waals surface area contributed by atoms with E-state index in [0.29, 0.717) is 12.0 Å². The Labute approximate surface area is 130 Å². The fourth-order valence-electron chi connectivity index (χ4n) is 2.33. The van der Waals surface area contributed by atoms with Gasteiger partial charge in [0.1, 0.15) is 12.2 Å². The molecule has 1 atom stereocenters. The molecular formula is C16H33N5. The van der Waals surface area contributed by atoms with E-state index < -0.39 is 0 Å². The molecule has 1 aromatic rings. The smallest absolute Gasteiger partial charge is 0.138 e. The van der Waals surface area contributed by atoms with Crippen molar-refractivity contribution >= 4 is 0 Å². The van der Waals surface area contributed by atoms with Crippen LogP contribution in [0.25, 0.3) is 0 Å². The minimum absolute atomic E-state index is 0.0593. The molecule has 0 aromatic carbocycles. The molecule has 1 N–H and O–H groups in total. The maximum atomic E-state index is 4.48. The lowest BCUT2D eigenvalue weighted by atomic mass is 9.90. The van der Waals surface area contributed by atoms with E-state index in [9.17, 15) is 0 Å². The molecular weight excluding hydrogens is 262 g/mol. The number of nitrogens with zero attached hydrogens (tertiary/aromatic N) is 4. The molecule has 1 unspecified atom stereocenters. The van der Waals surface area contributed by atoms with Crippen LogP contribution < -0.4 is 5.32 Å². The van der Waals surface area contributed by atoms with Crippen LogP contribution in [0.5, 0.6) is 0 Å². The second-order valence-corrected chi connectivity index (χ2v) is 7.01. The topological polar surface area (TPSA) is 46.0 Å². The molecule has 0 amide bonds. The van der Waals surface area contributed by atoms with Crippen LogP contribution in [0.2, 0.25) is 0 Å². The molecule has 0 saturated carbocycles. The van der Waals surface area contributed by atoms with Crippen LogP contribution in [0.1, 0.15) is 46.9 Å². The molecule has 0 aliphatic carbocycles. The third kappa shape index (κ3) is 5.08. The Balaban J connectivity index is 2.88. The van der Waals surface area contributed by atoms with E-state index in [2.05, 4.69) is 73.7 Å². The molecule has 1 rings (SSSR count). The minimum atomic E-state index is 0.0593. The minimum Gasteiger partial charge on any atom is -0.312 e. The Hall–Kier alpha value is -0.940. The van der Waals surface area contributed by atoms with Gasteiger partial charge in [-0.15, -0.1) is 0 Å². The van der Waals surface area contributed by atoms with Gasteiger partial charge in [0, 0.05) is 24.5 Å². The summed E-state index contributed by atoms with van der Waals surface area (Å²) in [6, 6.07) is 0.350. The Morgan fingerprint density at radius 2 is 2.00 bits per heavy atom. The normalized spacial score (nSPS) is 14.1. The fraction of sp³-hybridized carbons (Fsp3) is 0.875. The summed E-state index contributed by atoms with van der Waals surface area (Å²) in [5, 5.41) is 8.07. The number of aromatic nitrogens is 3. The third-order valence-corrected chi connectivity index (χ3v) is 4.27. The number of hydrogen-bond acceptors (Lipinski definition) is 4. The lowest BCUT2D eigenvalue weighted by molar-refractivity contribution is 0.135. The maximum absolute atomic E-state index is 4.48. The zero-order valence-electron chi connectivity index (χ0n) is 14.8. The summed E-state index contributed by atoms with van der Waals surface area (Å²) < 4.78 is 2.05.